The lowest BCUT2D eigenvalue weighted by molar-refractivity contribution is -0.141. The molecule has 6 nitrogen and oxygen atoms in total. The molecule has 0 bridgehead atoms. The number of likely N-dealkylation sites (tertiary alicyclic amines) is 1. The summed E-state index contributed by atoms with van der Waals surface area (Å²) >= 11 is 0. The van der Waals surface area contributed by atoms with Crippen molar-refractivity contribution in [3.05, 3.63) is 17.5 Å². The summed E-state index contributed by atoms with van der Waals surface area (Å²) < 4.78 is 5.16. The van der Waals surface area contributed by atoms with Crippen LogP contribution in [0.3, 0.4) is 0 Å². The fourth-order valence-corrected chi connectivity index (χ4v) is 2.14. The van der Waals surface area contributed by atoms with Gasteiger partial charge >= 0.3 is 5.97 Å². The predicted molar refractivity (Wildman–Crippen MR) is 66.9 cm³/mol. The van der Waals surface area contributed by atoms with Gasteiger partial charge in [0.05, 0.1) is 0 Å². The highest BCUT2D eigenvalue weighted by atomic mass is 16.5. The lowest BCUT2D eigenvalue weighted by atomic mass is 9.93. The maximum atomic E-state index is 12.2. The van der Waals surface area contributed by atoms with E-state index in [1.165, 1.54) is 4.90 Å². The van der Waals surface area contributed by atoms with Gasteiger partial charge in [-0.2, -0.15) is 0 Å². The Kier molecular flexibility index (Phi) is 3.34. The molecular weight excluding hydrogens is 248 g/mol. The number of aromatic nitrogens is 1. The lowest BCUT2D eigenvalue weighted by Gasteiger charge is -2.19. The first-order chi connectivity index (χ1) is 8.80. The molecule has 19 heavy (non-hydrogen) atoms. The Morgan fingerprint density at radius 2 is 2.16 bits per heavy atom. The molecule has 1 aromatic rings. The maximum absolute atomic E-state index is 12.2. The molecule has 0 radical (unpaired) electrons. The molecule has 1 aliphatic heterocycles. The number of carboxylic acid groups (broad SMARTS) is 1. The van der Waals surface area contributed by atoms with Crippen LogP contribution in [0.15, 0.2) is 10.6 Å². The van der Waals surface area contributed by atoms with Crippen LogP contribution in [0.4, 0.5) is 0 Å². The van der Waals surface area contributed by atoms with Crippen LogP contribution in [0.2, 0.25) is 0 Å². The van der Waals surface area contributed by atoms with Gasteiger partial charge in [-0.05, 0) is 12.8 Å². The minimum atomic E-state index is -0.967. The molecule has 1 saturated heterocycles. The fraction of sp³-hybridized carbons (Fsp3) is 0.615. The summed E-state index contributed by atoms with van der Waals surface area (Å²) in [6.45, 7) is 6.32. The molecule has 0 aromatic carbocycles. The zero-order chi connectivity index (χ0) is 14.2. The summed E-state index contributed by atoms with van der Waals surface area (Å²) in [5, 5.41) is 12.8. The quantitative estimate of drug-likeness (QED) is 0.880. The van der Waals surface area contributed by atoms with Gasteiger partial charge in [-0.1, -0.05) is 25.9 Å². The first kappa shape index (κ1) is 13.6. The highest BCUT2D eigenvalue weighted by molar-refractivity contribution is 5.95. The summed E-state index contributed by atoms with van der Waals surface area (Å²) in [6, 6.07) is 0.849. The molecule has 1 N–H and O–H groups in total. The Balaban J connectivity index is 2.20. The van der Waals surface area contributed by atoms with E-state index in [1.54, 1.807) is 6.07 Å². The molecule has 1 fully saturated rings. The second-order valence-corrected chi connectivity index (χ2v) is 5.82. The summed E-state index contributed by atoms with van der Waals surface area (Å²) in [4.78, 5) is 24.7. The molecule has 0 aliphatic carbocycles. The van der Waals surface area contributed by atoms with Crippen molar-refractivity contribution in [1.82, 2.24) is 10.1 Å². The Bertz CT molecular complexity index is 501. The van der Waals surface area contributed by atoms with Gasteiger partial charge < -0.3 is 14.5 Å². The van der Waals surface area contributed by atoms with Gasteiger partial charge in [0.1, 0.15) is 11.8 Å². The van der Waals surface area contributed by atoms with Crippen LogP contribution in [0.1, 0.15) is 49.9 Å². The molecule has 0 saturated carbocycles. The summed E-state index contributed by atoms with van der Waals surface area (Å²) in [5.41, 5.74) is -0.0546. The molecular formula is C13H18N2O4. The molecule has 1 aliphatic rings. The third kappa shape index (κ3) is 2.62. The second kappa shape index (κ2) is 4.68. The van der Waals surface area contributed by atoms with Crippen LogP contribution in [0, 0.1) is 0 Å². The van der Waals surface area contributed by atoms with Gasteiger partial charge in [-0.25, -0.2) is 4.79 Å². The smallest absolute Gasteiger partial charge is 0.326 e. The zero-order valence-electron chi connectivity index (χ0n) is 11.3. The van der Waals surface area contributed by atoms with Crippen LogP contribution in [-0.4, -0.2) is 39.6 Å². The van der Waals surface area contributed by atoms with Crippen molar-refractivity contribution >= 4 is 11.9 Å². The molecule has 1 amide bonds. The van der Waals surface area contributed by atoms with E-state index in [1.807, 2.05) is 20.8 Å². The number of hydrogen-bond donors (Lipinski definition) is 1. The molecule has 6 heteroatoms. The van der Waals surface area contributed by atoms with E-state index in [4.69, 9.17) is 9.63 Å². The van der Waals surface area contributed by atoms with Crippen LogP contribution in [0.25, 0.3) is 0 Å². The Hall–Kier alpha value is -1.85. The molecule has 1 atom stereocenters. The first-order valence-corrected chi connectivity index (χ1v) is 6.31. The van der Waals surface area contributed by atoms with Crippen molar-refractivity contribution in [3.63, 3.8) is 0 Å². The average Bonchev–Trinajstić information content (AvgIpc) is 2.96. The molecule has 2 heterocycles. The number of carbonyl (C=O) groups is 2. The minimum Gasteiger partial charge on any atom is -0.480 e. The van der Waals surface area contributed by atoms with E-state index in [2.05, 4.69) is 5.16 Å². The topological polar surface area (TPSA) is 83.6 Å². The van der Waals surface area contributed by atoms with Crippen LogP contribution in [-0.2, 0) is 10.2 Å². The standard InChI is InChI=1S/C13H18N2O4/c1-13(2,3)10-7-8(14-19-10)11(16)15-6-4-5-9(15)12(17)18/h7,9H,4-6H2,1-3H3,(H,17,18). The molecule has 104 valence electrons. The van der Waals surface area contributed by atoms with Crippen molar-refractivity contribution < 1.29 is 19.2 Å². The van der Waals surface area contributed by atoms with E-state index in [-0.39, 0.29) is 17.0 Å². The minimum absolute atomic E-state index is 0.179. The van der Waals surface area contributed by atoms with Crippen molar-refractivity contribution in [1.29, 1.82) is 0 Å². The maximum Gasteiger partial charge on any atom is 0.326 e. The van der Waals surface area contributed by atoms with Crippen molar-refractivity contribution in [3.8, 4) is 0 Å². The predicted octanol–water partition coefficient (Wildman–Crippen LogP) is 1.66. The van der Waals surface area contributed by atoms with Crippen LogP contribution >= 0.6 is 0 Å². The highest BCUT2D eigenvalue weighted by Gasteiger charge is 2.36. The van der Waals surface area contributed by atoms with Crippen LogP contribution < -0.4 is 0 Å². The van der Waals surface area contributed by atoms with E-state index < -0.39 is 12.0 Å². The van der Waals surface area contributed by atoms with Gasteiger partial charge in [0.25, 0.3) is 5.91 Å². The summed E-state index contributed by atoms with van der Waals surface area (Å²) in [5.74, 6) is -0.725. The lowest BCUT2D eigenvalue weighted by Crippen LogP contribution is -2.40. The first-order valence-electron chi connectivity index (χ1n) is 6.31. The fourth-order valence-electron chi connectivity index (χ4n) is 2.14. The van der Waals surface area contributed by atoms with Crippen molar-refractivity contribution in [2.45, 2.75) is 45.1 Å². The Labute approximate surface area is 111 Å². The van der Waals surface area contributed by atoms with Crippen LogP contribution in [0.5, 0.6) is 0 Å². The SMILES string of the molecule is CC(C)(C)c1cc(C(=O)N2CCCC2C(=O)O)no1. The number of hydrogen-bond acceptors (Lipinski definition) is 4. The summed E-state index contributed by atoms with van der Waals surface area (Å²) in [7, 11) is 0. The van der Waals surface area contributed by atoms with Gasteiger partial charge in [-0.15, -0.1) is 0 Å². The largest absolute Gasteiger partial charge is 0.480 e. The van der Waals surface area contributed by atoms with Crippen molar-refractivity contribution in [2.75, 3.05) is 6.54 Å². The molecule has 0 spiro atoms. The molecule has 1 aromatic heterocycles. The normalized spacial score (nSPS) is 19.7. The van der Waals surface area contributed by atoms with E-state index in [0.717, 1.165) is 0 Å². The molecule has 1 unspecified atom stereocenters. The number of carboxylic acids is 1. The van der Waals surface area contributed by atoms with Crippen molar-refractivity contribution in [2.24, 2.45) is 0 Å². The number of rotatable bonds is 2. The van der Waals surface area contributed by atoms with E-state index in [0.29, 0.717) is 25.1 Å². The zero-order valence-corrected chi connectivity index (χ0v) is 11.3. The number of aliphatic carboxylic acids is 1. The molecule has 2 rings (SSSR count). The number of nitrogens with zero attached hydrogens (tertiary/aromatic N) is 2. The van der Waals surface area contributed by atoms with Gasteiger partial charge in [0, 0.05) is 18.0 Å². The number of amides is 1. The monoisotopic (exact) mass is 266 g/mol. The van der Waals surface area contributed by atoms with E-state index >= 15 is 0 Å². The number of carbonyl (C=O) groups excluding carboxylic acids is 1. The average molecular weight is 266 g/mol. The van der Waals surface area contributed by atoms with Gasteiger partial charge in [0.2, 0.25) is 0 Å². The van der Waals surface area contributed by atoms with Gasteiger partial charge in [-0.3, -0.25) is 4.79 Å². The summed E-state index contributed by atoms with van der Waals surface area (Å²) in [6.07, 6.45) is 1.19. The Morgan fingerprint density at radius 1 is 1.47 bits per heavy atom. The third-order valence-electron chi connectivity index (χ3n) is 3.27. The Morgan fingerprint density at radius 3 is 2.68 bits per heavy atom. The van der Waals surface area contributed by atoms with E-state index in [9.17, 15) is 9.59 Å². The second-order valence-electron chi connectivity index (χ2n) is 5.82. The third-order valence-corrected chi connectivity index (χ3v) is 3.27. The highest BCUT2D eigenvalue weighted by Crippen LogP contribution is 2.25. The van der Waals surface area contributed by atoms with Gasteiger partial charge in [0.15, 0.2) is 5.69 Å².